The number of benzene rings is 1. The van der Waals surface area contributed by atoms with Crippen LogP contribution in [0.3, 0.4) is 0 Å². The van der Waals surface area contributed by atoms with E-state index in [1.807, 2.05) is 30.9 Å². The van der Waals surface area contributed by atoms with Gasteiger partial charge in [0.1, 0.15) is 5.75 Å². The molecule has 1 saturated heterocycles. The van der Waals surface area contributed by atoms with Gasteiger partial charge in [-0.15, -0.1) is 0 Å². The van der Waals surface area contributed by atoms with Gasteiger partial charge in [0.25, 0.3) is 0 Å². The summed E-state index contributed by atoms with van der Waals surface area (Å²) in [5, 5.41) is 2.90. The van der Waals surface area contributed by atoms with Crippen LogP contribution in [-0.2, 0) is 9.59 Å². The van der Waals surface area contributed by atoms with Crippen molar-refractivity contribution in [3.05, 3.63) is 29.3 Å². The molecule has 5 heteroatoms. The minimum Gasteiger partial charge on any atom is -0.493 e. The van der Waals surface area contributed by atoms with Gasteiger partial charge in [-0.3, -0.25) is 9.59 Å². The molecule has 1 aromatic rings. The SMILES string of the molecule is Cc1cc(C)cc(OCCC(=O)NCCCN2CCCCCC2=O)c1. The molecule has 25 heavy (non-hydrogen) atoms. The first-order valence-electron chi connectivity index (χ1n) is 9.30. The Kier molecular flexibility index (Phi) is 7.76. The fourth-order valence-corrected chi connectivity index (χ4v) is 3.14. The standard InChI is InChI=1S/C20H30N2O3/c1-16-13-17(2)15-18(14-16)25-12-8-19(23)21-9-6-11-22-10-5-3-4-7-20(22)24/h13-15H,3-12H2,1-2H3,(H,21,23). The van der Waals surface area contributed by atoms with Gasteiger partial charge in [0.05, 0.1) is 13.0 Å². The van der Waals surface area contributed by atoms with Crippen LogP contribution in [0.4, 0.5) is 0 Å². The van der Waals surface area contributed by atoms with Gasteiger partial charge in [-0.25, -0.2) is 0 Å². The van der Waals surface area contributed by atoms with Gasteiger partial charge in [0.2, 0.25) is 11.8 Å². The average molecular weight is 346 g/mol. The zero-order chi connectivity index (χ0) is 18.1. The van der Waals surface area contributed by atoms with Crippen LogP contribution in [0.2, 0.25) is 0 Å². The normalized spacial score (nSPS) is 15.0. The monoisotopic (exact) mass is 346 g/mol. The van der Waals surface area contributed by atoms with E-state index in [0.717, 1.165) is 55.6 Å². The molecular formula is C20H30N2O3. The summed E-state index contributed by atoms with van der Waals surface area (Å²) in [4.78, 5) is 25.7. The van der Waals surface area contributed by atoms with Crippen LogP contribution in [0.5, 0.6) is 5.75 Å². The Morgan fingerprint density at radius 1 is 1.16 bits per heavy atom. The summed E-state index contributed by atoms with van der Waals surface area (Å²) < 4.78 is 5.65. The molecule has 0 bridgehead atoms. The number of ether oxygens (including phenoxy) is 1. The summed E-state index contributed by atoms with van der Waals surface area (Å²) in [5.74, 6) is 1.06. The lowest BCUT2D eigenvalue weighted by Crippen LogP contribution is -2.34. The molecule has 0 aliphatic carbocycles. The van der Waals surface area contributed by atoms with E-state index < -0.39 is 0 Å². The lowest BCUT2D eigenvalue weighted by Gasteiger charge is -2.20. The van der Waals surface area contributed by atoms with E-state index >= 15 is 0 Å². The van der Waals surface area contributed by atoms with E-state index in [4.69, 9.17) is 4.74 Å². The summed E-state index contributed by atoms with van der Waals surface area (Å²) in [6.45, 7) is 6.63. The average Bonchev–Trinajstić information content (AvgIpc) is 2.75. The zero-order valence-corrected chi connectivity index (χ0v) is 15.5. The molecule has 1 aliphatic heterocycles. The molecule has 138 valence electrons. The number of nitrogens with one attached hydrogen (secondary N) is 1. The maximum absolute atomic E-state index is 11.9. The zero-order valence-electron chi connectivity index (χ0n) is 15.5. The molecule has 0 saturated carbocycles. The van der Waals surface area contributed by atoms with Gasteiger partial charge in [-0.1, -0.05) is 12.5 Å². The van der Waals surface area contributed by atoms with Crippen molar-refractivity contribution in [2.75, 3.05) is 26.2 Å². The summed E-state index contributed by atoms with van der Waals surface area (Å²) in [7, 11) is 0. The topological polar surface area (TPSA) is 58.6 Å². The number of nitrogens with zero attached hydrogens (tertiary/aromatic N) is 1. The summed E-state index contributed by atoms with van der Waals surface area (Å²) in [5.41, 5.74) is 2.31. The van der Waals surface area contributed by atoms with Gasteiger partial charge in [0.15, 0.2) is 0 Å². The van der Waals surface area contributed by atoms with Crippen molar-refractivity contribution < 1.29 is 14.3 Å². The van der Waals surface area contributed by atoms with Crippen molar-refractivity contribution in [3.63, 3.8) is 0 Å². The third kappa shape index (κ3) is 7.16. The smallest absolute Gasteiger partial charge is 0.223 e. The van der Waals surface area contributed by atoms with E-state index in [9.17, 15) is 9.59 Å². The lowest BCUT2D eigenvalue weighted by atomic mass is 10.1. The molecule has 0 radical (unpaired) electrons. The van der Waals surface area contributed by atoms with E-state index in [-0.39, 0.29) is 11.8 Å². The molecule has 0 unspecified atom stereocenters. The number of carbonyl (C=O) groups is 2. The maximum atomic E-state index is 11.9. The maximum Gasteiger partial charge on any atom is 0.223 e. The van der Waals surface area contributed by atoms with Gasteiger partial charge in [0, 0.05) is 26.1 Å². The fourth-order valence-electron chi connectivity index (χ4n) is 3.14. The molecule has 5 nitrogen and oxygen atoms in total. The Morgan fingerprint density at radius 3 is 2.68 bits per heavy atom. The summed E-state index contributed by atoms with van der Waals surface area (Å²) in [6.07, 6.45) is 5.05. The number of hydrogen-bond donors (Lipinski definition) is 1. The number of aryl methyl sites for hydroxylation is 2. The van der Waals surface area contributed by atoms with E-state index in [1.165, 1.54) is 0 Å². The highest BCUT2D eigenvalue weighted by molar-refractivity contribution is 5.76. The Labute approximate surface area is 150 Å². The number of rotatable bonds is 8. The Hall–Kier alpha value is -2.04. The molecule has 1 fully saturated rings. The Morgan fingerprint density at radius 2 is 1.92 bits per heavy atom. The van der Waals surface area contributed by atoms with Crippen LogP contribution < -0.4 is 10.1 Å². The van der Waals surface area contributed by atoms with Gasteiger partial charge < -0.3 is 15.0 Å². The highest BCUT2D eigenvalue weighted by Crippen LogP contribution is 2.16. The molecule has 2 amide bonds. The van der Waals surface area contributed by atoms with Crippen molar-refractivity contribution in [2.45, 2.75) is 52.4 Å². The molecule has 0 atom stereocenters. The second kappa shape index (κ2) is 10.1. The molecule has 1 heterocycles. The highest BCUT2D eigenvalue weighted by Gasteiger charge is 2.15. The molecule has 0 aromatic heterocycles. The summed E-state index contributed by atoms with van der Waals surface area (Å²) >= 11 is 0. The third-order valence-electron chi connectivity index (χ3n) is 4.39. The van der Waals surface area contributed by atoms with Crippen LogP contribution >= 0.6 is 0 Å². The second-order valence-corrected chi connectivity index (χ2v) is 6.82. The quantitative estimate of drug-likeness (QED) is 0.736. The molecule has 2 rings (SSSR count). The minimum absolute atomic E-state index is 0.00781. The number of likely N-dealkylation sites (tertiary alicyclic amines) is 1. The van der Waals surface area contributed by atoms with Crippen molar-refractivity contribution in [2.24, 2.45) is 0 Å². The number of amides is 2. The predicted octanol–water partition coefficient (Wildman–Crippen LogP) is 2.98. The van der Waals surface area contributed by atoms with E-state index in [0.29, 0.717) is 26.0 Å². The molecule has 1 N–H and O–H groups in total. The minimum atomic E-state index is -0.00781. The largest absolute Gasteiger partial charge is 0.493 e. The fraction of sp³-hybridized carbons (Fsp3) is 0.600. The van der Waals surface area contributed by atoms with Gasteiger partial charge in [-0.05, 0) is 56.4 Å². The molecular weight excluding hydrogens is 316 g/mol. The van der Waals surface area contributed by atoms with Gasteiger partial charge in [-0.2, -0.15) is 0 Å². The Bertz CT molecular complexity index is 566. The highest BCUT2D eigenvalue weighted by atomic mass is 16.5. The van der Waals surface area contributed by atoms with E-state index in [1.54, 1.807) is 0 Å². The van der Waals surface area contributed by atoms with Crippen molar-refractivity contribution in [1.82, 2.24) is 10.2 Å². The van der Waals surface area contributed by atoms with Crippen LogP contribution in [0, 0.1) is 13.8 Å². The van der Waals surface area contributed by atoms with Crippen LogP contribution in [0.25, 0.3) is 0 Å². The first kappa shape index (κ1) is 19.3. The second-order valence-electron chi connectivity index (χ2n) is 6.82. The van der Waals surface area contributed by atoms with Crippen molar-refractivity contribution in [1.29, 1.82) is 0 Å². The third-order valence-corrected chi connectivity index (χ3v) is 4.39. The number of hydrogen-bond acceptors (Lipinski definition) is 3. The molecule has 1 aliphatic rings. The predicted molar refractivity (Wildman–Crippen MR) is 98.7 cm³/mol. The number of carbonyl (C=O) groups excluding carboxylic acids is 2. The van der Waals surface area contributed by atoms with E-state index in [2.05, 4.69) is 11.4 Å². The van der Waals surface area contributed by atoms with Crippen LogP contribution in [-0.4, -0.2) is 43.0 Å². The van der Waals surface area contributed by atoms with Gasteiger partial charge >= 0.3 is 0 Å². The van der Waals surface area contributed by atoms with Crippen molar-refractivity contribution in [3.8, 4) is 5.75 Å². The first-order chi connectivity index (χ1) is 12.0. The van der Waals surface area contributed by atoms with Crippen LogP contribution in [0.1, 0.15) is 49.7 Å². The van der Waals surface area contributed by atoms with Crippen molar-refractivity contribution >= 4 is 11.8 Å². The first-order valence-corrected chi connectivity index (χ1v) is 9.30. The van der Waals surface area contributed by atoms with Crippen LogP contribution in [0.15, 0.2) is 18.2 Å². The molecule has 1 aromatic carbocycles. The lowest BCUT2D eigenvalue weighted by molar-refractivity contribution is -0.130. The summed E-state index contributed by atoms with van der Waals surface area (Å²) in [6, 6.07) is 6.04. The molecule has 0 spiro atoms. The Balaban J connectivity index is 1.58.